The maximum atomic E-state index is 11.7. The van der Waals surface area contributed by atoms with Crippen molar-refractivity contribution in [1.82, 2.24) is 4.90 Å². The Balaban J connectivity index is 2.06. The van der Waals surface area contributed by atoms with Crippen molar-refractivity contribution in [3.8, 4) is 5.75 Å². The molecule has 0 spiro atoms. The molecule has 0 saturated carbocycles. The summed E-state index contributed by atoms with van der Waals surface area (Å²) in [5.41, 5.74) is 2.05. The summed E-state index contributed by atoms with van der Waals surface area (Å²) < 4.78 is 5.34. The zero-order valence-electron chi connectivity index (χ0n) is 13.5. The Morgan fingerprint density at radius 2 is 2.00 bits per heavy atom. The van der Waals surface area contributed by atoms with Crippen LogP contribution in [0, 0.1) is 0 Å². The van der Waals surface area contributed by atoms with Crippen molar-refractivity contribution in [2.45, 2.75) is 24.9 Å². The molecule has 126 valence electrons. The minimum Gasteiger partial charge on any atom is -0.497 e. The number of carbonyl (C=O) groups is 1. The van der Waals surface area contributed by atoms with Crippen LogP contribution in [-0.2, 0) is 4.79 Å². The van der Waals surface area contributed by atoms with Gasteiger partial charge in [-0.2, -0.15) is 0 Å². The third-order valence-electron chi connectivity index (χ3n) is 4.51. The number of carboxylic acids is 1. The standard InChI is InChI=1S/C19H20ClNO3/c1-24-16-5-2-4-14(12-16)18(13-7-9-15(20)10-8-13)21-11-3-6-17(21)19(22)23/h2,4-5,7-10,12,17-18H,3,6,11H2,1H3,(H,22,23). The van der Waals surface area contributed by atoms with E-state index < -0.39 is 12.0 Å². The van der Waals surface area contributed by atoms with E-state index in [0.717, 1.165) is 29.8 Å². The van der Waals surface area contributed by atoms with E-state index in [-0.39, 0.29) is 6.04 Å². The molecule has 1 aliphatic heterocycles. The summed E-state index contributed by atoms with van der Waals surface area (Å²) in [5, 5.41) is 10.2. The van der Waals surface area contributed by atoms with Crippen molar-refractivity contribution < 1.29 is 14.6 Å². The van der Waals surface area contributed by atoms with Crippen molar-refractivity contribution in [3.63, 3.8) is 0 Å². The van der Waals surface area contributed by atoms with Crippen LogP contribution in [0.1, 0.15) is 30.0 Å². The highest BCUT2D eigenvalue weighted by molar-refractivity contribution is 6.30. The molecule has 2 aromatic rings. The number of nitrogens with zero attached hydrogens (tertiary/aromatic N) is 1. The largest absolute Gasteiger partial charge is 0.497 e. The van der Waals surface area contributed by atoms with Crippen LogP contribution in [0.15, 0.2) is 48.5 Å². The second kappa shape index (κ2) is 7.24. The van der Waals surface area contributed by atoms with E-state index in [4.69, 9.17) is 16.3 Å². The molecule has 5 heteroatoms. The van der Waals surface area contributed by atoms with Crippen LogP contribution in [0.3, 0.4) is 0 Å². The molecule has 0 bridgehead atoms. The van der Waals surface area contributed by atoms with Gasteiger partial charge in [-0.15, -0.1) is 0 Å². The van der Waals surface area contributed by atoms with E-state index in [2.05, 4.69) is 4.90 Å². The summed E-state index contributed by atoms with van der Waals surface area (Å²) >= 11 is 6.02. The molecule has 0 aliphatic carbocycles. The van der Waals surface area contributed by atoms with Gasteiger partial charge in [-0.1, -0.05) is 35.9 Å². The Hall–Kier alpha value is -2.04. The number of aliphatic carboxylic acids is 1. The fourth-order valence-electron chi connectivity index (χ4n) is 3.40. The predicted octanol–water partition coefficient (Wildman–Crippen LogP) is 3.99. The van der Waals surface area contributed by atoms with Gasteiger partial charge in [0, 0.05) is 11.6 Å². The van der Waals surface area contributed by atoms with Crippen LogP contribution in [0.4, 0.5) is 0 Å². The molecule has 1 N–H and O–H groups in total. The van der Waals surface area contributed by atoms with Crippen molar-refractivity contribution in [3.05, 3.63) is 64.7 Å². The molecule has 2 unspecified atom stereocenters. The third kappa shape index (κ3) is 3.40. The van der Waals surface area contributed by atoms with E-state index in [1.807, 2.05) is 48.5 Å². The van der Waals surface area contributed by atoms with Crippen molar-refractivity contribution in [2.24, 2.45) is 0 Å². The fraction of sp³-hybridized carbons (Fsp3) is 0.316. The first-order chi connectivity index (χ1) is 11.6. The SMILES string of the molecule is COc1cccc(C(c2ccc(Cl)cc2)N2CCCC2C(=O)O)c1. The Kier molecular flexibility index (Phi) is 5.07. The molecule has 4 nitrogen and oxygen atoms in total. The number of methoxy groups -OCH3 is 1. The summed E-state index contributed by atoms with van der Waals surface area (Å²) in [6.45, 7) is 0.751. The van der Waals surface area contributed by atoms with Gasteiger partial charge < -0.3 is 9.84 Å². The van der Waals surface area contributed by atoms with Crippen molar-refractivity contribution >= 4 is 17.6 Å². The highest BCUT2D eigenvalue weighted by Crippen LogP contribution is 2.36. The maximum absolute atomic E-state index is 11.7. The maximum Gasteiger partial charge on any atom is 0.320 e. The Bertz CT molecular complexity index is 717. The van der Waals surface area contributed by atoms with E-state index in [0.29, 0.717) is 11.4 Å². The number of hydrogen-bond acceptors (Lipinski definition) is 3. The Labute approximate surface area is 146 Å². The zero-order valence-corrected chi connectivity index (χ0v) is 14.2. The summed E-state index contributed by atoms with van der Waals surface area (Å²) in [6, 6.07) is 14.8. The first kappa shape index (κ1) is 16.8. The molecule has 1 aliphatic rings. The van der Waals surface area contributed by atoms with Gasteiger partial charge in [-0.25, -0.2) is 0 Å². The number of benzene rings is 2. The number of likely N-dealkylation sites (tertiary alicyclic amines) is 1. The van der Waals surface area contributed by atoms with E-state index in [1.54, 1.807) is 7.11 Å². The van der Waals surface area contributed by atoms with Crippen molar-refractivity contribution in [1.29, 1.82) is 0 Å². The van der Waals surface area contributed by atoms with Gasteiger partial charge >= 0.3 is 5.97 Å². The van der Waals surface area contributed by atoms with E-state index >= 15 is 0 Å². The van der Waals surface area contributed by atoms with Gasteiger partial charge in [0.1, 0.15) is 11.8 Å². The highest BCUT2D eigenvalue weighted by Gasteiger charge is 2.36. The Morgan fingerprint density at radius 1 is 1.25 bits per heavy atom. The molecule has 1 saturated heterocycles. The predicted molar refractivity (Wildman–Crippen MR) is 93.7 cm³/mol. The first-order valence-electron chi connectivity index (χ1n) is 7.98. The van der Waals surface area contributed by atoms with Gasteiger partial charge in [-0.05, 0) is 48.2 Å². The third-order valence-corrected chi connectivity index (χ3v) is 4.76. The zero-order chi connectivity index (χ0) is 17.1. The highest BCUT2D eigenvalue weighted by atomic mass is 35.5. The van der Waals surface area contributed by atoms with Crippen LogP contribution < -0.4 is 4.74 Å². The molecular formula is C19H20ClNO3. The number of rotatable bonds is 5. The lowest BCUT2D eigenvalue weighted by atomic mass is 9.96. The van der Waals surface area contributed by atoms with Gasteiger partial charge in [0.25, 0.3) is 0 Å². The number of halogens is 1. The smallest absolute Gasteiger partial charge is 0.320 e. The Morgan fingerprint density at radius 3 is 2.67 bits per heavy atom. The lowest BCUT2D eigenvalue weighted by Crippen LogP contribution is -2.39. The molecule has 2 atom stereocenters. The monoisotopic (exact) mass is 345 g/mol. The van der Waals surface area contributed by atoms with Crippen LogP contribution in [0.2, 0.25) is 5.02 Å². The quantitative estimate of drug-likeness (QED) is 0.890. The van der Waals surface area contributed by atoms with Crippen LogP contribution in [0.5, 0.6) is 5.75 Å². The van der Waals surface area contributed by atoms with Crippen molar-refractivity contribution in [2.75, 3.05) is 13.7 Å². The van der Waals surface area contributed by atoms with Gasteiger partial charge in [-0.3, -0.25) is 9.69 Å². The first-order valence-corrected chi connectivity index (χ1v) is 8.36. The molecule has 2 aromatic carbocycles. The average molecular weight is 346 g/mol. The van der Waals surface area contributed by atoms with Gasteiger partial charge in [0.2, 0.25) is 0 Å². The molecule has 3 rings (SSSR count). The van der Waals surface area contributed by atoms with Crippen LogP contribution in [-0.4, -0.2) is 35.7 Å². The second-order valence-corrected chi connectivity index (χ2v) is 6.40. The molecule has 1 fully saturated rings. The summed E-state index contributed by atoms with van der Waals surface area (Å²) in [4.78, 5) is 13.7. The lowest BCUT2D eigenvalue weighted by Gasteiger charge is -2.32. The normalized spacial score (nSPS) is 19.2. The van der Waals surface area contributed by atoms with Crippen LogP contribution >= 0.6 is 11.6 Å². The van der Waals surface area contributed by atoms with Crippen LogP contribution in [0.25, 0.3) is 0 Å². The van der Waals surface area contributed by atoms with E-state index in [9.17, 15) is 9.90 Å². The molecule has 1 heterocycles. The molecule has 0 aromatic heterocycles. The number of carboxylic acid groups (broad SMARTS) is 1. The lowest BCUT2D eigenvalue weighted by molar-refractivity contribution is -0.142. The minimum absolute atomic E-state index is 0.138. The second-order valence-electron chi connectivity index (χ2n) is 5.96. The molecular weight excluding hydrogens is 326 g/mol. The summed E-state index contributed by atoms with van der Waals surface area (Å²) in [6.07, 6.45) is 1.55. The minimum atomic E-state index is -0.769. The van der Waals surface area contributed by atoms with E-state index in [1.165, 1.54) is 0 Å². The fourth-order valence-corrected chi connectivity index (χ4v) is 3.52. The average Bonchev–Trinajstić information content (AvgIpc) is 3.07. The topological polar surface area (TPSA) is 49.8 Å². The van der Waals surface area contributed by atoms with Gasteiger partial charge in [0.05, 0.1) is 13.2 Å². The molecule has 0 amide bonds. The number of hydrogen-bond donors (Lipinski definition) is 1. The van der Waals surface area contributed by atoms with Gasteiger partial charge in [0.15, 0.2) is 0 Å². The molecule has 0 radical (unpaired) electrons. The molecule has 24 heavy (non-hydrogen) atoms. The number of ether oxygens (including phenoxy) is 1. The summed E-state index contributed by atoms with van der Waals surface area (Å²) in [5.74, 6) is -0.00750. The summed E-state index contributed by atoms with van der Waals surface area (Å²) in [7, 11) is 1.63.